The second-order valence-corrected chi connectivity index (χ2v) is 9.91. The Hall–Kier alpha value is -3.68. The number of nitrogens with one attached hydrogen (secondary N) is 1. The lowest BCUT2D eigenvalue weighted by atomic mass is 10.0. The van der Waals surface area contributed by atoms with Gasteiger partial charge in [-0.1, -0.05) is 29.8 Å². The van der Waals surface area contributed by atoms with Crippen LogP contribution < -0.4 is 21.7 Å². The number of ether oxygens (including phenoxy) is 1. The summed E-state index contributed by atoms with van der Waals surface area (Å²) in [6, 6.07) is 8.44. The number of amides is 3. The zero-order valence-electron chi connectivity index (χ0n) is 20.2. The fraction of sp³-hybridized carbons (Fsp3) is 0.280. The Bertz CT molecular complexity index is 1380. The van der Waals surface area contributed by atoms with E-state index in [1.165, 1.54) is 30.3 Å². The average Bonchev–Trinajstić information content (AvgIpc) is 3.55. The van der Waals surface area contributed by atoms with Crippen LogP contribution in [0.25, 0.3) is 0 Å². The van der Waals surface area contributed by atoms with E-state index in [0.29, 0.717) is 23.2 Å². The molecule has 0 saturated carbocycles. The summed E-state index contributed by atoms with van der Waals surface area (Å²) in [7, 11) is 0. The van der Waals surface area contributed by atoms with Crippen molar-refractivity contribution in [2.24, 2.45) is 5.73 Å². The van der Waals surface area contributed by atoms with Crippen LogP contribution in [0.2, 0.25) is 5.02 Å². The molecule has 1 saturated heterocycles. The number of hydrogen-bond donors (Lipinski definition) is 3. The van der Waals surface area contributed by atoms with E-state index < -0.39 is 35.5 Å². The molecule has 0 unspecified atom stereocenters. The Morgan fingerprint density at radius 1 is 1.21 bits per heavy atom. The van der Waals surface area contributed by atoms with Crippen molar-refractivity contribution >= 4 is 52.2 Å². The third kappa shape index (κ3) is 6.32. The number of carbonyl (C=O) groups is 3. The van der Waals surface area contributed by atoms with E-state index in [4.69, 9.17) is 27.8 Å². The van der Waals surface area contributed by atoms with E-state index in [1.807, 2.05) is 0 Å². The molecule has 3 aromatic rings. The normalized spacial score (nSPS) is 16.1. The molecule has 206 valence electrons. The standard InChI is InChI=1S/C25H23ClF3N5O4S/c26-15-8-6-13(7-9-15)20(23(36)32-12-17-5-2-10-38-17)34(16-4-1-3-14(11-16)25(27,28)29)24(37)21-18(30)19(22(31)35)33-39-21/h1,3-4,6-9,11,17,20H,2,5,10,12,30H2,(H2,31,35)(H,32,36)/t17-,20-/m0/s1. The number of halogens is 4. The zero-order valence-corrected chi connectivity index (χ0v) is 21.8. The molecule has 2 atom stereocenters. The summed E-state index contributed by atoms with van der Waals surface area (Å²) >= 11 is 6.58. The summed E-state index contributed by atoms with van der Waals surface area (Å²) in [4.78, 5) is 40.0. The van der Waals surface area contributed by atoms with Crippen molar-refractivity contribution in [2.75, 3.05) is 23.8 Å². The minimum atomic E-state index is -4.73. The van der Waals surface area contributed by atoms with Crippen LogP contribution in [0.15, 0.2) is 48.5 Å². The molecule has 0 aliphatic carbocycles. The van der Waals surface area contributed by atoms with Crippen molar-refractivity contribution in [3.63, 3.8) is 0 Å². The second-order valence-electron chi connectivity index (χ2n) is 8.70. The topological polar surface area (TPSA) is 141 Å². The number of primary amides is 1. The highest BCUT2D eigenvalue weighted by Gasteiger charge is 2.38. The minimum absolute atomic E-state index is 0.127. The fourth-order valence-electron chi connectivity index (χ4n) is 4.13. The van der Waals surface area contributed by atoms with Gasteiger partial charge in [0.05, 0.1) is 17.4 Å². The molecule has 4 rings (SSSR count). The number of hydrogen-bond acceptors (Lipinski definition) is 7. The molecular weight excluding hydrogens is 559 g/mol. The van der Waals surface area contributed by atoms with Gasteiger partial charge >= 0.3 is 6.18 Å². The van der Waals surface area contributed by atoms with Crippen LogP contribution in [-0.2, 0) is 15.7 Å². The van der Waals surface area contributed by atoms with Crippen LogP contribution >= 0.6 is 23.1 Å². The van der Waals surface area contributed by atoms with Crippen molar-refractivity contribution in [1.82, 2.24) is 9.69 Å². The molecule has 9 nitrogen and oxygen atoms in total. The van der Waals surface area contributed by atoms with Crippen LogP contribution in [0.4, 0.5) is 24.5 Å². The van der Waals surface area contributed by atoms with E-state index in [9.17, 15) is 27.6 Å². The molecule has 0 spiro atoms. The van der Waals surface area contributed by atoms with Gasteiger partial charge in [0.15, 0.2) is 5.69 Å². The van der Waals surface area contributed by atoms with Crippen molar-refractivity contribution in [1.29, 1.82) is 0 Å². The maximum Gasteiger partial charge on any atom is 0.416 e. The maximum atomic E-state index is 14.0. The maximum absolute atomic E-state index is 14.0. The van der Waals surface area contributed by atoms with Crippen LogP contribution in [-0.4, -0.2) is 41.4 Å². The smallest absolute Gasteiger partial charge is 0.395 e. The number of aromatic nitrogens is 1. The third-order valence-electron chi connectivity index (χ3n) is 6.05. The number of alkyl halides is 3. The van der Waals surface area contributed by atoms with Crippen LogP contribution in [0.5, 0.6) is 0 Å². The zero-order chi connectivity index (χ0) is 28.3. The second kappa shape index (κ2) is 11.6. The fourth-order valence-corrected chi connectivity index (χ4v) is 5.00. The van der Waals surface area contributed by atoms with Crippen LogP contribution in [0.1, 0.15) is 50.2 Å². The highest BCUT2D eigenvalue weighted by Crippen LogP contribution is 2.37. The molecular formula is C25H23ClF3N5O4S. The lowest BCUT2D eigenvalue weighted by molar-refractivity contribution is -0.137. The van der Waals surface area contributed by atoms with Gasteiger partial charge in [0.25, 0.3) is 11.8 Å². The average molecular weight is 582 g/mol. The van der Waals surface area contributed by atoms with E-state index in [0.717, 1.165) is 35.9 Å². The van der Waals surface area contributed by atoms with Crippen LogP contribution in [0, 0.1) is 0 Å². The number of nitrogen functional groups attached to an aromatic ring is 1. The van der Waals surface area contributed by atoms with Gasteiger partial charge in [0.2, 0.25) is 5.91 Å². The summed E-state index contributed by atoms with van der Waals surface area (Å²) in [5, 5.41) is 3.09. The van der Waals surface area contributed by atoms with E-state index in [2.05, 4.69) is 9.69 Å². The molecule has 1 aliphatic rings. The Morgan fingerprint density at radius 2 is 1.92 bits per heavy atom. The number of carbonyl (C=O) groups excluding carboxylic acids is 3. The van der Waals surface area contributed by atoms with Crippen molar-refractivity contribution in [3.8, 4) is 0 Å². The summed E-state index contributed by atoms with van der Waals surface area (Å²) in [6.45, 7) is 0.672. The van der Waals surface area contributed by atoms with E-state index in [-0.39, 0.29) is 40.2 Å². The molecule has 1 fully saturated rings. The quantitative estimate of drug-likeness (QED) is 0.364. The number of benzene rings is 2. The van der Waals surface area contributed by atoms with E-state index >= 15 is 0 Å². The number of nitrogens with zero attached hydrogens (tertiary/aromatic N) is 2. The van der Waals surface area contributed by atoms with Gasteiger partial charge in [-0.25, -0.2) is 0 Å². The molecule has 5 N–H and O–H groups in total. The molecule has 14 heteroatoms. The summed E-state index contributed by atoms with van der Waals surface area (Å²) in [5.74, 6) is -2.63. The summed E-state index contributed by atoms with van der Waals surface area (Å²) in [6.07, 6.45) is -3.43. The van der Waals surface area contributed by atoms with Gasteiger partial charge in [0, 0.05) is 23.9 Å². The first-order valence-electron chi connectivity index (χ1n) is 11.7. The highest BCUT2D eigenvalue weighted by atomic mass is 35.5. The lowest BCUT2D eigenvalue weighted by Crippen LogP contribution is -2.45. The summed E-state index contributed by atoms with van der Waals surface area (Å²) in [5.41, 5.74) is 9.54. The highest BCUT2D eigenvalue weighted by molar-refractivity contribution is 7.09. The van der Waals surface area contributed by atoms with Gasteiger partial charge in [-0.15, -0.1) is 0 Å². The monoisotopic (exact) mass is 581 g/mol. The Labute approximate surface area is 230 Å². The molecule has 1 aliphatic heterocycles. The number of anilines is 2. The molecule has 3 amide bonds. The minimum Gasteiger partial charge on any atom is -0.395 e. The predicted octanol–water partition coefficient (Wildman–Crippen LogP) is 4.18. The van der Waals surface area contributed by atoms with Gasteiger partial charge in [-0.3, -0.25) is 19.3 Å². The first-order chi connectivity index (χ1) is 18.5. The SMILES string of the molecule is NC(=O)c1nsc(C(=O)N(c2cccc(C(F)(F)F)c2)[C@H](C(=O)NC[C@@H]2CCCO2)c2ccc(Cl)cc2)c1N. The van der Waals surface area contributed by atoms with Crippen LogP contribution in [0.3, 0.4) is 0 Å². The van der Waals surface area contributed by atoms with E-state index in [1.54, 1.807) is 0 Å². The molecule has 2 heterocycles. The van der Waals surface area contributed by atoms with Gasteiger partial charge in [-0.05, 0) is 60.3 Å². The Balaban J connectivity index is 1.86. The molecule has 0 radical (unpaired) electrons. The first kappa shape index (κ1) is 28.3. The summed E-state index contributed by atoms with van der Waals surface area (Å²) < 4.78 is 50.3. The third-order valence-corrected chi connectivity index (χ3v) is 7.15. The largest absolute Gasteiger partial charge is 0.416 e. The van der Waals surface area contributed by atoms with Crippen molar-refractivity contribution in [2.45, 2.75) is 31.2 Å². The molecule has 2 aromatic carbocycles. The Kier molecular flexibility index (Phi) is 8.42. The van der Waals surface area contributed by atoms with Gasteiger partial charge in [-0.2, -0.15) is 17.5 Å². The first-order valence-corrected chi connectivity index (χ1v) is 12.8. The number of rotatable bonds is 8. The molecule has 1 aromatic heterocycles. The van der Waals surface area contributed by atoms with Crippen molar-refractivity contribution < 1.29 is 32.3 Å². The molecule has 0 bridgehead atoms. The van der Waals surface area contributed by atoms with Gasteiger partial charge in [0.1, 0.15) is 10.9 Å². The van der Waals surface area contributed by atoms with Gasteiger partial charge < -0.3 is 21.5 Å². The predicted molar refractivity (Wildman–Crippen MR) is 139 cm³/mol. The van der Waals surface area contributed by atoms with Crippen molar-refractivity contribution in [3.05, 3.63) is 75.3 Å². The molecule has 39 heavy (non-hydrogen) atoms. The lowest BCUT2D eigenvalue weighted by Gasteiger charge is -2.32. The number of nitrogens with two attached hydrogens (primary N) is 2. The Morgan fingerprint density at radius 3 is 2.51 bits per heavy atom.